The number of nitrogens with zero attached hydrogens (tertiary/aromatic N) is 1. The highest BCUT2D eigenvalue weighted by molar-refractivity contribution is 6.35. The lowest BCUT2D eigenvalue weighted by atomic mass is 10.2. The zero-order chi connectivity index (χ0) is 12.7. The van der Waals surface area contributed by atoms with Crippen LogP contribution in [0.15, 0.2) is 5.10 Å². The molecule has 1 fully saturated rings. The van der Waals surface area contributed by atoms with Gasteiger partial charge in [0.15, 0.2) is 0 Å². The molecule has 0 bridgehead atoms. The SMILES string of the molecule is CCC(CC)=NNC(=O)C(=O)NC1CCCC1. The molecule has 1 saturated carbocycles. The summed E-state index contributed by atoms with van der Waals surface area (Å²) in [5.74, 6) is -1.25. The molecule has 1 aliphatic rings. The van der Waals surface area contributed by atoms with E-state index in [0.29, 0.717) is 0 Å². The van der Waals surface area contributed by atoms with E-state index in [1.165, 1.54) is 0 Å². The Hall–Kier alpha value is -1.39. The van der Waals surface area contributed by atoms with E-state index in [2.05, 4.69) is 15.8 Å². The first-order valence-electron chi connectivity index (χ1n) is 6.33. The molecule has 96 valence electrons. The molecule has 0 spiro atoms. The van der Waals surface area contributed by atoms with Crippen LogP contribution < -0.4 is 10.7 Å². The third-order valence-electron chi connectivity index (χ3n) is 3.03. The van der Waals surface area contributed by atoms with Gasteiger partial charge in [-0.15, -0.1) is 0 Å². The van der Waals surface area contributed by atoms with Crippen LogP contribution in [0.25, 0.3) is 0 Å². The van der Waals surface area contributed by atoms with E-state index in [1.54, 1.807) is 0 Å². The Bertz CT molecular complexity index is 301. The fraction of sp³-hybridized carbons (Fsp3) is 0.750. The number of carbonyl (C=O) groups is 2. The van der Waals surface area contributed by atoms with Crippen LogP contribution in [-0.2, 0) is 9.59 Å². The van der Waals surface area contributed by atoms with Crippen molar-refractivity contribution in [3.8, 4) is 0 Å². The van der Waals surface area contributed by atoms with E-state index < -0.39 is 11.8 Å². The smallest absolute Gasteiger partial charge is 0.329 e. The molecule has 1 rings (SSSR count). The van der Waals surface area contributed by atoms with Crippen molar-refractivity contribution in [1.29, 1.82) is 0 Å². The van der Waals surface area contributed by atoms with Crippen molar-refractivity contribution in [2.24, 2.45) is 5.10 Å². The molecular weight excluding hydrogens is 218 g/mol. The van der Waals surface area contributed by atoms with Gasteiger partial charge in [0.05, 0.1) is 0 Å². The van der Waals surface area contributed by atoms with Crippen molar-refractivity contribution in [1.82, 2.24) is 10.7 Å². The lowest BCUT2D eigenvalue weighted by molar-refractivity contribution is -0.139. The first-order valence-corrected chi connectivity index (χ1v) is 6.33. The maximum atomic E-state index is 11.5. The normalized spacial score (nSPS) is 15.4. The van der Waals surface area contributed by atoms with Crippen molar-refractivity contribution in [3.63, 3.8) is 0 Å². The third kappa shape index (κ3) is 4.54. The van der Waals surface area contributed by atoms with Crippen LogP contribution in [0.5, 0.6) is 0 Å². The number of hydrazone groups is 1. The molecule has 5 nitrogen and oxygen atoms in total. The summed E-state index contributed by atoms with van der Waals surface area (Å²) in [6, 6.07) is 0.161. The molecule has 0 aromatic heterocycles. The van der Waals surface area contributed by atoms with Gasteiger partial charge in [-0.05, 0) is 25.7 Å². The van der Waals surface area contributed by atoms with Crippen molar-refractivity contribution >= 4 is 17.5 Å². The molecule has 2 amide bonds. The Balaban J connectivity index is 2.36. The lowest BCUT2D eigenvalue weighted by Crippen LogP contribution is -2.42. The molecule has 0 atom stereocenters. The standard InChI is InChI=1S/C12H21N3O2/c1-3-9(4-2)14-15-12(17)11(16)13-10-7-5-6-8-10/h10H,3-8H2,1-2H3,(H,13,16)(H,15,17). The van der Waals surface area contributed by atoms with Crippen LogP contribution in [0.1, 0.15) is 52.4 Å². The number of rotatable bonds is 4. The van der Waals surface area contributed by atoms with E-state index >= 15 is 0 Å². The molecule has 0 aromatic rings. The lowest BCUT2D eigenvalue weighted by Gasteiger charge is -2.10. The highest BCUT2D eigenvalue weighted by atomic mass is 16.2. The minimum Gasteiger partial charge on any atom is -0.345 e. The van der Waals surface area contributed by atoms with E-state index in [0.717, 1.165) is 44.2 Å². The minimum atomic E-state index is -0.670. The molecule has 0 aromatic carbocycles. The summed E-state index contributed by atoms with van der Waals surface area (Å²) in [5.41, 5.74) is 3.18. The monoisotopic (exact) mass is 239 g/mol. The second-order valence-corrected chi connectivity index (χ2v) is 4.28. The molecule has 0 radical (unpaired) electrons. The zero-order valence-electron chi connectivity index (χ0n) is 10.6. The van der Waals surface area contributed by atoms with Gasteiger partial charge in [0, 0.05) is 11.8 Å². The summed E-state index contributed by atoms with van der Waals surface area (Å²) >= 11 is 0. The summed E-state index contributed by atoms with van der Waals surface area (Å²) in [6.45, 7) is 3.93. The predicted molar refractivity (Wildman–Crippen MR) is 66.6 cm³/mol. The van der Waals surface area contributed by atoms with Gasteiger partial charge in [-0.1, -0.05) is 26.7 Å². The summed E-state index contributed by atoms with van der Waals surface area (Å²) in [7, 11) is 0. The topological polar surface area (TPSA) is 70.6 Å². The molecule has 0 unspecified atom stereocenters. The summed E-state index contributed by atoms with van der Waals surface area (Å²) < 4.78 is 0. The molecule has 1 aliphatic carbocycles. The van der Waals surface area contributed by atoms with Crippen LogP contribution >= 0.6 is 0 Å². The highest BCUT2D eigenvalue weighted by Crippen LogP contribution is 2.17. The van der Waals surface area contributed by atoms with Gasteiger partial charge in [0.1, 0.15) is 0 Å². The van der Waals surface area contributed by atoms with Crippen LogP contribution in [0.2, 0.25) is 0 Å². The molecular formula is C12H21N3O2. The average molecular weight is 239 g/mol. The maximum Gasteiger partial charge on any atom is 0.329 e. The third-order valence-corrected chi connectivity index (χ3v) is 3.03. The average Bonchev–Trinajstić information content (AvgIpc) is 2.82. The van der Waals surface area contributed by atoms with Crippen molar-refractivity contribution in [2.45, 2.75) is 58.4 Å². The minimum absolute atomic E-state index is 0.161. The van der Waals surface area contributed by atoms with Crippen LogP contribution in [0.3, 0.4) is 0 Å². The Kier molecular flexibility index (Phi) is 5.66. The Morgan fingerprint density at radius 2 is 1.71 bits per heavy atom. The first kappa shape index (κ1) is 13.7. The zero-order valence-corrected chi connectivity index (χ0v) is 10.6. The Morgan fingerprint density at radius 3 is 2.24 bits per heavy atom. The van der Waals surface area contributed by atoms with Crippen LogP contribution in [0, 0.1) is 0 Å². The van der Waals surface area contributed by atoms with Gasteiger partial charge in [-0.25, -0.2) is 5.43 Å². The van der Waals surface area contributed by atoms with Gasteiger partial charge in [-0.2, -0.15) is 5.10 Å². The number of amides is 2. The molecule has 17 heavy (non-hydrogen) atoms. The fourth-order valence-electron chi connectivity index (χ4n) is 1.91. The second kappa shape index (κ2) is 7.04. The first-order chi connectivity index (χ1) is 8.17. The van der Waals surface area contributed by atoms with Crippen LogP contribution in [0.4, 0.5) is 0 Å². The second-order valence-electron chi connectivity index (χ2n) is 4.28. The molecule has 2 N–H and O–H groups in total. The van der Waals surface area contributed by atoms with Gasteiger partial charge in [0.25, 0.3) is 0 Å². The number of carbonyl (C=O) groups excluding carboxylic acids is 2. The largest absolute Gasteiger partial charge is 0.345 e. The van der Waals surface area contributed by atoms with E-state index in [9.17, 15) is 9.59 Å². The Labute approximate surface area is 102 Å². The van der Waals surface area contributed by atoms with Crippen molar-refractivity contribution < 1.29 is 9.59 Å². The van der Waals surface area contributed by atoms with Gasteiger partial charge < -0.3 is 5.32 Å². The van der Waals surface area contributed by atoms with E-state index in [4.69, 9.17) is 0 Å². The maximum absolute atomic E-state index is 11.5. The van der Waals surface area contributed by atoms with Crippen molar-refractivity contribution in [3.05, 3.63) is 0 Å². The van der Waals surface area contributed by atoms with Gasteiger partial charge in [0.2, 0.25) is 0 Å². The quantitative estimate of drug-likeness (QED) is 0.441. The van der Waals surface area contributed by atoms with Gasteiger partial charge in [-0.3, -0.25) is 9.59 Å². The highest BCUT2D eigenvalue weighted by Gasteiger charge is 2.21. The molecule has 5 heteroatoms. The summed E-state index contributed by atoms with van der Waals surface area (Å²) in [5, 5.41) is 6.63. The number of nitrogens with one attached hydrogen (secondary N) is 2. The van der Waals surface area contributed by atoms with Crippen LogP contribution in [-0.4, -0.2) is 23.6 Å². The van der Waals surface area contributed by atoms with Gasteiger partial charge >= 0.3 is 11.8 Å². The summed E-state index contributed by atoms with van der Waals surface area (Å²) in [4.78, 5) is 22.9. The molecule has 0 aliphatic heterocycles. The number of hydrogen-bond acceptors (Lipinski definition) is 3. The van der Waals surface area contributed by atoms with E-state index in [-0.39, 0.29) is 6.04 Å². The molecule has 0 heterocycles. The van der Waals surface area contributed by atoms with Crippen molar-refractivity contribution in [2.75, 3.05) is 0 Å². The number of hydrogen-bond donors (Lipinski definition) is 2. The predicted octanol–water partition coefficient (Wildman–Crippen LogP) is 1.34. The summed E-state index contributed by atoms with van der Waals surface area (Å²) in [6.07, 6.45) is 5.75. The fourth-order valence-corrected chi connectivity index (χ4v) is 1.91. The Morgan fingerprint density at radius 1 is 1.12 bits per heavy atom. The molecule has 0 saturated heterocycles. The van der Waals surface area contributed by atoms with E-state index in [1.807, 2.05) is 13.8 Å².